The highest BCUT2D eigenvalue weighted by molar-refractivity contribution is 6.34. The average Bonchev–Trinajstić information content (AvgIpc) is 2.85. The van der Waals surface area contributed by atoms with Crippen molar-refractivity contribution < 1.29 is 9.59 Å². The van der Waals surface area contributed by atoms with Crippen molar-refractivity contribution in [3.63, 3.8) is 0 Å². The van der Waals surface area contributed by atoms with Crippen LogP contribution in [0.25, 0.3) is 0 Å². The minimum atomic E-state index is -0.184. The van der Waals surface area contributed by atoms with Crippen LogP contribution in [-0.2, 0) is 9.59 Å². The molecule has 2 rings (SSSR count). The second kappa shape index (κ2) is 6.72. The summed E-state index contributed by atoms with van der Waals surface area (Å²) >= 11 is 6.05. The van der Waals surface area contributed by atoms with Crippen molar-refractivity contribution in [3.05, 3.63) is 23.2 Å². The summed E-state index contributed by atoms with van der Waals surface area (Å²) in [6.45, 7) is 2.40. The molecule has 5 nitrogen and oxygen atoms in total. The Morgan fingerprint density at radius 2 is 2.20 bits per heavy atom. The van der Waals surface area contributed by atoms with E-state index in [0.717, 1.165) is 19.4 Å². The molecule has 1 aliphatic rings. The minimum Gasteiger partial charge on any atom is -0.326 e. The molecule has 0 bridgehead atoms. The fourth-order valence-electron chi connectivity index (χ4n) is 2.25. The van der Waals surface area contributed by atoms with Gasteiger partial charge < -0.3 is 16.0 Å². The van der Waals surface area contributed by atoms with E-state index in [9.17, 15) is 9.59 Å². The van der Waals surface area contributed by atoms with Gasteiger partial charge in [-0.15, -0.1) is 0 Å². The van der Waals surface area contributed by atoms with E-state index in [0.29, 0.717) is 22.8 Å². The maximum Gasteiger partial charge on any atom is 0.225 e. The number of halogens is 1. The molecule has 1 aliphatic heterocycles. The van der Waals surface area contributed by atoms with Crippen LogP contribution in [-0.4, -0.2) is 24.4 Å². The molecule has 0 spiro atoms. The molecular weight excluding hydrogens is 278 g/mol. The molecule has 0 radical (unpaired) electrons. The van der Waals surface area contributed by atoms with E-state index in [1.165, 1.54) is 6.92 Å². The van der Waals surface area contributed by atoms with Crippen LogP contribution in [0.4, 0.5) is 11.4 Å². The normalized spacial score (nSPS) is 17.8. The van der Waals surface area contributed by atoms with Gasteiger partial charge in [-0.05, 0) is 37.6 Å². The molecule has 1 saturated heterocycles. The smallest absolute Gasteiger partial charge is 0.225 e. The van der Waals surface area contributed by atoms with Gasteiger partial charge in [0.1, 0.15) is 0 Å². The molecule has 1 atom stereocenters. The van der Waals surface area contributed by atoms with Gasteiger partial charge in [0, 0.05) is 25.1 Å². The lowest BCUT2D eigenvalue weighted by Gasteiger charge is -2.12. The summed E-state index contributed by atoms with van der Waals surface area (Å²) in [6, 6.07) is 5.29. The van der Waals surface area contributed by atoms with E-state index in [4.69, 9.17) is 11.6 Å². The molecule has 0 aromatic heterocycles. The van der Waals surface area contributed by atoms with Crippen molar-refractivity contribution in [2.45, 2.75) is 32.2 Å². The van der Waals surface area contributed by atoms with E-state index in [-0.39, 0.29) is 17.9 Å². The first-order chi connectivity index (χ1) is 9.54. The Morgan fingerprint density at radius 1 is 1.40 bits per heavy atom. The number of amides is 2. The zero-order valence-corrected chi connectivity index (χ0v) is 12.1. The number of carbonyl (C=O) groups is 2. The number of carbonyl (C=O) groups excluding carboxylic acids is 2. The molecule has 1 fully saturated rings. The SMILES string of the molecule is CC(=O)Nc1ccc(NC(=O)CC2CCCN2)cc1Cl. The Hall–Kier alpha value is -1.59. The Kier molecular flexibility index (Phi) is 4.98. The third-order valence-corrected chi connectivity index (χ3v) is 3.47. The van der Waals surface area contributed by atoms with E-state index < -0.39 is 0 Å². The zero-order chi connectivity index (χ0) is 14.5. The van der Waals surface area contributed by atoms with Crippen molar-refractivity contribution in [2.24, 2.45) is 0 Å². The largest absolute Gasteiger partial charge is 0.326 e. The van der Waals surface area contributed by atoms with Crippen molar-refractivity contribution in [2.75, 3.05) is 17.2 Å². The van der Waals surface area contributed by atoms with E-state index in [1.54, 1.807) is 18.2 Å². The van der Waals surface area contributed by atoms with Crippen LogP contribution in [0.2, 0.25) is 5.02 Å². The summed E-state index contributed by atoms with van der Waals surface area (Å²) in [5.41, 5.74) is 1.17. The van der Waals surface area contributed by atoms with Gasteiger partial charge in [0.25, 0.3) is 0 Å². The van der Waals surface area contributed by atoms with Crippen LogP contribution < -0.4 is 16.0 Å². The van der Waals surface area contributed by atoms with Crippen LogP contribution in [0.3, 0.4) is 0 Å². The van der Waals surface area contributed by atoms with Gasteiger partial charge in [0.15, 0.2) is 0 Å². The van der Waals surface area contributed by atoms with Crippen molar-refractivity contribution in [1.29, 1.82) is 0 Å². The van der Waals surface area contributed by atoms with Crippen molar-refractivity contribution in [3.8, 4) is 0 Å². The first kappa shape index (κ1) is 14.8. The molecule has 1 aromatic rings. The molecule has 1 unspecified atom stereocenters. The molecule has 108 valence electrons. The summed E-state index contributed by atoms with van der Waals surface area (Å²) in [5.74, 6) is -0.219. The predicted molar refractivity (Wildman–Crippen MR) is 80.0 cm³/mol. The molecule has 20 heavy (non-hydrogen) atoms. The van der Waals surface area contributed by atoms with Gasteiger partial charge in [0.05, 0.1) is 10.7 Å². The monoisotopic (exact) mass is 295 g/mol. The molecule has 1 heterocycles. The highest BCUT2D eigenvalue weighted by Gasteiger charge is 2.17. The summed E-state index contributed by atoms with van der Waals surface area (Å²) in [6.07, 6.45) is 2.62. The number of rotatable bonds is 4. The number of benzene rings is 1. The summed E-state index contributed by atoms with van der Waals surface area (Å²) in [4.78, 5) is 22.9. The molecule has 0 saturated carbocycles. The molecule has 1 aromatic carbocycles. The molecule has 2 amide bonds. The lowest BCUT2D eigenvalue weighted by molar-refractivity contribution is -0.116. The van der Waals surface area contributed by atoms with Gasteiger partial charge in [-0.3, -0.25) is 9.59 Å². The average molecular weight is 296 g/mol. The Morgan fingerprint density at radius 3 is 2.80 bits per heavy atom. The zero-order valence-electron chi connectivity index (χ0n) is 11.3. The predicted octanol–water partition coefficient (Wildman–Crippen LogP) is 2.38. The third kappa shape index (κ3) is 4.21. The number of anilines is 2. The third-order valence-electron chi connectivity index (χ3n) is 3.16. The topological polar surface area (TPSA) is 70.2 Å². The Balaban J connectivity index is 1.93. The summed E-state index contributed by atoms with van der Waals surface area (Å²) in [5, 5.41) is 9.11. The Bertz CT molecular complexity index is 513. The van der Waals surface area contributed by atoms with Gasteiger partial charge >= 0.3 is 0 Å². The lowest BCUT2D eigenvalue weighted by atomic mass is 10.1. The summed E-state index contributed by atoms with van der Waals surface area (Å²) in [7, 11) is 0. The standard InChI is InChI=1S/C14H18ClN3O2/c1-9(19)17-13-5-4-11(7-12(13)15)18-14(20)8-10-3-2-6-16-10/h4-5,7,10,16H,2-3,6,8H2,1H3,(H,17,19)(H,18,20). The van der Waals surface area contributed by atoms with Crippen molar-refractivity contribution >= 4 is 34.8 Å². The van der Waals surface area contributed by atoms with Gasteiger partial charge in [-0.25, -0.2) is 0 Å². The lowest BCUT2D eigenvalue weighted by Crippen LogP contribution is -2.27. The number of hydrogen-bond donors (Lipinski definition) is 3. The van der Waals surface area contributed by atoms with Gasteiger partial charge in [-0.2, -0.15) is 0 Å². The number of nitrogens with one attached hydrogen (secondary N) is 3. The second-order valence-corrected chi connectivity index (χ2v) is 5.33. The van der Waals surface area contributed by atoms with Crippen LogP contribution in [0.1, 0.15) is 26.2 Å². The maximum absolute atomic E-state index is 11.9. The van der Waals surface area contributed by atoms with E-state index >= 15 is 0 Å². The molecular formula is C14H18ClN3O2. The fourth-order valence-corrected chi connectivity index (χ4v) is 2.48. The first-order valence-electron chi connectivity index (χ1n) is 6.65. The number of hydrogen-bond acceptors (Lipinski definition) is 3. The molecule has 6 heteroatoms. The van der Waals surface area contributed by atoms with Crippen LogP contribution in [0.15, 0.2) is 18.2 Å². The van der Waals surface area contributed by atoms with Gasteiger partial charge in [0.2, 0.25) is 11.8 Å². The second-order valence-electron chi connectivity index (χ2n) is 4.92. The van der Waals surface area contributed by atoms with E-state index in [1.807, 2.05) is 0 Å². The highest BCUT2D eigenvalue weighted by atomic mass is 35.5. The minimum absolute atomic E-state index is 0.0345. The van der Waals surface area contributed by atoms with Gasteiger partial charge in [-0.1, -0.05) is 11.6 Å². The maximum atomic E-state index is 11.9. The van der Waals surface area contributed by atoms with E-state index in [2.05, 4.69) is 16.0 Å². The quantitative estimate of drug-likeness (QED) is 0.799. The molecule has 3 N–H and O–H groups in total. The van der Waals surface area contributed by atoms with Crippen LogP contribution >= 0.6 is 11.6 Å². The summed E-state index contributed by atoms with van der Waals surface area (Å²) < 4.78 is 0. The Labute approximate surface area is 123 Å². The molecule has 0 aliphatic carbocycles. The van der Waals surface area contributed by atoms with Crippen LogP contribution in [0, 0.1) is 0 Å². The highest BCUT2D eigenvalue weighted by Crippen LogP contribution is 2.25. The van der Waals surface area contributed by atoms with Crippen LogP contribution in [0.5, 0.6) is 0 Å². The first-order valence-corrected chi connectivity index (χ1v) is 7.03. The van der Waals surface area contributed by atoms with Crippen molar-refractivity contribution in [1.82, 2.24) is 5.32 Å². The fraction of sp³-hybridized carbons (Fsp3) is 0.429.